The van der Waals surface area contributed by atoms with Crippen LogP contribution in [0, 0.1) is 0 Å². The van der Waals surface area contributed by atoms with E-state index in [0.717, 1.165) is 66.7 Å². The van der Waals surface area contributed by atoms with Gasteiger partial charge >= 0.3 is 6.18 Å². The highest BCUT2D eigenvalue weighted by Crippen LogP contribution is 2.41. The molecule has 0 bridgehead atoms. The Morgan fingerprint density at radius 3 is 1.50 bits per heavy atom. The maximum atomic E-state index is 14.4. The van der Waals surface area contributed by atoms with Gasteiger partial charge in [0.25, 0.3) is 0 Å². The smallest absolute Gasteiger partial charge is 0.309 e. The highest BCUT2D eigenvalue weighted by molar-refractivity contribution is 6.11. The molecule has 0 fully saturated rings. The summed E-state index contributed by atoms with van der Waals surface area (Å²) < 4.78 is 47.3. The molecule has 0 unspecified atom stereocenters. The van der Waals surface area contributed by atoms with Crippen LogP contribution in [0.25, 0.3) is 100 Å². The molecular formula is C52H32F3N5. The van der Waals surface area contributed by atoms with Crippen molar-refractivity contribution in [2.45, 2.75) is 6.18 Å². The predicted octanol–water partition coefficient (Wildman–Crippen LogP) is 13.8. The van der Waals surface area contributed by atoms with Gasteiger partial charge in [-0.2, -0.15) is 13.2 Å². The van der Waals surface area contributed by atoms with E-state index in [1.54, 1.807) is 6.07 Å². The highest BCUT2D eigenvalue weighted by Gasteiger charge is 2.31. The zero-order valence-corrected chi connectivity index (χ0v) is 31.8. The third-order valence-corrected chi connectivity index (χ3v) is 11.2. The summed E-state index contributed by atoms with van der Waals surface area (Å²) in [4.78, 5) is 15.2. The molecule has 0 spiro atoms. The molecule has 0 aliphatic rings. The second kappa shape index (κ2) is 13.9. The maximum absolute atomic E-state index is 14.4. The van der Waals surface area contributed by atoms with E-state index < -0.39 is 11.7 Å². The summed E-state index contributed by atoms with van der Waals surface area (Å²) in [5.41, 5.74) is 8.46. The van der Waals surface area contributed by atoms with Gasteiger partial charge in [0, 0.05) is 43.9 Å². The molecule has 11 rings (SSSR count). The number of nitrogens with zero attached hydrogens (tertiary/aromatic N) is 5. The molecule has 0 aliphatic heterocycles. The molecule has 0 saturated carbocycles. The number of fused-ring (bicyclic) bond motifs is 6. The molecule has 60 heavy (non-hydrogen) atoms. The molecule has 0 aliphatic carbocycles. The summed E-state index contributed by atoms with van der Waals surface area (Å²) in [5, 5.41) is 3.76. The zero-order valence-electron chi connectivity index (χ0n) is 31.8. The summed E-state index contributed by atoms with van der Waals surface area (Å²) in [7, 11) is 0. The van der Waals surface area contributed by atoms with Crippen LogP contribution < -0.4 is 0 Å². The van der Waals surface area contributed by atoms with Gasteiger partial charge in [-0.25, -0.2) is 15.0 Å². The van der Waals surface area contributed by atoms with Gasteiger partial charge in [-0.3, -0.25) is 0 Å². The van der Waals surface area contributed by atoms with Gasteiger partial charge in [0.1, 0.15) is 0 Å². The van der Waals surface area contributed by atoms with E-state index in [9.17, 15) is 13.2 Å². The van der Waals surface area contributed by atoms with Crippen LogP contribution in [0.15, 0.2) is 194 Å². The van der Waals surface area contributed by atoms with Crippen molar-refractivity contribution in [2.75, 3.05) is 0 Å². The summed E-state index contributed by atoms with van der Waals surface area (Å²) in [6, 6.07) is 62.4. The topological polar surface area (TPSA) is 48.5 Å². The Balaban J connectivity index is 1.20. The number of aromatic nitrogens is 5. The van der Waals surface area contributed by atoms with Crippen molar-refractivity contribution in [3.05, 3.63) is 200 Å². The lowest BCUT2D eigenvalue weighted by Crippen LogP contribution is -2.06. The van der Waals surface area contributed by atoms with Gasteiger partial charge in [-0.1, -0.05) is 133 Å². The van der Waals surface area contributed by atoms with Crippen molar-refractivity contribution < 1.29 is 13.2 Å². The van der Waals surface area contributed by atoms with Crippen molar-refractivity contribution in [1.82, 2.24) is 24.1 Å². The lowest BCUT2D eigenvalue weighted by Gasteiger charge is -2.17. The van der Waals surface area contributed by atoms with Crippen molar-refractivity contribution in [3.63, 3.8) is 0 Å². The molecule has 286 valence electrons. The molecule has 0 N–H and O–H groups in total. The SMILES string of the molecule is FC(F)(F)c1ccc2c3ccccc3n(-c3ccc(-c4ccc5c(c4)c4ccccc4n5-c4ccccc4)cc3-c3nc(-c4ccccc4)nc(-c4ccccc4)n3)c2c1. The van der Waals surface area contributed by atoms with E-state index in [1.165, 1.54) is 6.07 Å². The maximum Gasteiger partial charge on any atom is 0.416 e. The van der Waals surface area contributed by atoms with Crippen LogP contribution in [-0.4, -0.2) is 24.1 Å². The molecule has 0 atom stereocenters. The van der Waals surface area contributed by atoms with Gasteiger partial charge in [0.05, 0.1) is 33.3 Å². The zero-order chi connectivity index (χ0) is 40.4. The third kappa shape index (κ3) is 5.91. The van der Waals surface area contributed by atoms with Crippen LogP contribution in [0.4, 0.5) is 13.2 Å². The van der Waals surface area contributed by atoms with Crippen LogP contribution in [0.1, 0.15) is 5.56 Å². The van der Waals surface area contributed by atoms with E-state index in [-0.39, 0.29) is 0 Å². The van der Waals surface area contributed by atoms with Crippen LogP contribution in [0.2, 0.25) is 0 Å². The van der Waals surface area contributed by atoms with E-state index in [1.807, 2.05) is 120 Å². The van der Waals surface area contributed by atoms with Gasteiger partial charge in [-0.15, -0.1) is 0 Å². The average Bonchev–Trinajstić information content (AvgIpc) is 3.81. The Morgan fingerprint density at radius 1 is 0.350 bits per heavy atom. The summed E-state index contributed by atoms with van der Waals surface area (Å²) in [6.45, 7) is 0. The normalized spacial score (nSPS) is 11.9. The van der Waals surface area contributed by atoms with E-state index in [2.05, 4.69) is 65.2 Å². The number of benzene rings is 8. The quantitative estimate of drug-likeness (QED) is 0.169. The number of hydrogen-bond donors (Lipinski definition) is 0. The molecule has 11 aromatic rings. The first-order valence-electron chi connectivity index (χ1n) is 19.6. The Kier molecular flexibility index (Phi) is 8.20. The van der Waals surface area contributed by atoms with E-state index in [4.69, 9.17) is 15.0 Å². The minimum atomic E-state index is -4.53. The molecule has 3 aromatic heterocycles. The first-order chi connectivity index (χ1) is 29.4. The monoisotopic (exact) mass is 783 g/mol. The molecule has 8 heteroatoms. The van der Waals surface area contributed by atoms with Gasteiger partial charge in [-0.05, 0) is 71.8 Å². The van der Waals surface area contributed by atoms with Crippen LogP contribution in [0.5, 0.6) is 0 Å². The predicted molar refractivity (Wildman–Crippen MR) is 235 cm³/mol. The molecule has 3 heterocycles. The summed E-state index contributed by atoms with van der Waals surface area (Å²) in [6.07, 6.45) is -4.53. The summed E-state index contributed by atoms with van der Waals surface area (Å²) in [5.74, 6) is 1.35. The van der Waals surface area contributed by atoms with Crippen molar-refractivity contribution in [3.8, 4) is 56.7 Å². The lowest BCUT2D eigenvalue weighted by molar-refractivity contribution is -0.137. The first-order valence-corrected chi connectivity index (χ1v) is 19.6. The van der Waals surface area contributed by atoms with Crippen LogP contribution in [-0.2, 0) is 6.18 Å². The lowest BCUT2D eigenvalue weighted by atomic mass is 9.99. The number of para-hydroxylation sites is 3. The summed E-state index contributed by atoms with van der Waals surface area (Å²) >= 11 is 0. The third-order valence-electron chi connectivity index (χ3n) is 11.2. The molecule has 5 nitrogen and oxygen atoms in total. The minimum Gasteiger partial charge on any atom is -0.309 e. The number of rotatable bonds is 6. The fraction of sp³-hybridized carbons (Fsp3) is 0.0192. The first kappa shape index (κ1) is 35.3. The van der Waals surface area contributed by atoms with Crippen molar-refractivity contribution in [2.24, 2.45) is 0 Å². The minimum absolute atomic E-state index is 0.388. The fourth-order valence-corrected chi connectivity index (χ4v) is 8.43. The largest absolute Gasteiger partial charge is 0.416 e. The molecule has 8 aromatic carbocycles. The van der Waals surface area contributed by atoms with E-state index in [0.29, 0.717) is 39.6 Å². The van der Waals surface area contributed by atoms with Gasteiger partial charge in [0.15, 0.2) is 17.5 Å². The Bertz CT molecular complexity index is 3350. The Labute approximate surface area is 342 Å². The van der Waals surface area contributed by atoms with Gasteiger partial charge in [0.2, 0.25) is 0 Å². The highest BCUT2D eigenvalue weighted by atomic mass is 19.4. The standard InChI is InChI=1S/C52H32F3N5/c53-52(54,55)37-26-27-41-39-20-10-13-23-45(39)60(48(41)32-37)47-29-25-36(35-24-28-46-42(30-35)40-21-11-12-22-44(40)59(46)38-18-8-3-9-19-38)31-43(47)51-57-49(33-14-4-1-5-15-33)56-50(58-51)34-16-6-2-7-17-34/h1-32H. The second-order valence-corrected chi connectivity index (χ2v) is 14.8. The fourth-order valence-electron chi connectivity index (χ4n) is 8.43. The number of alkyl halides is 3. The average molecular weight is 784 g/mol. The van der Waals surface area contributed by atoms with E-state index >= 15 is 0 Å². The molecule has 0 amide bonds. The van der Waals surface area contributed by atoms with Gasteiger partial charge < -0.3 is 9.13 Å². The number of hydrogen-bond acceptors (Lipinski definition) is 3. The van der Waals surface area contributed by atoms with Crippen molar-refractivity contribution >= 4 is 43.6 Å². The van der Waals surface area contributed by atoms with Crippen molar-refractivity contribution in [1.29, 1.82) is 0 Å². The molecular weight excluding hydrogens is 752 g/mol. The Hall–Kier alpha value is -7.84. The number of halogens is 3. The van der Waals surface area contributed by atoms with Crippen LogP contribution >= 0.6 is 0 Å². The molecule has 0 radical (unpaired) electrons. The second-order valence-electron chi connectivity index (χ2n) is 14.8. The Morgan fingerprint density at radius 2 is 0.850 bits per heavy atom. The molecule has 0 saturated heterocycles. The van der Waals surface area contributed by atoms with Crippen LogP contribution in [0.3, 0.4) is 0 Å².